The summed E-state index contributed by atoms with van der Waals surface area (Å²) >= 11 is 1.27. The Kier molecular flexibility index (Phi) is 4.96. The predicted molar refractivity (Wildman–Crippen MR) is 60.0 cm³/mol. The molecule has 7 heteroatoms. The maximum Gasteiger partial charge on any atom is 0.237 e. The van der Waals surface area contributed by atoms with E-state index in [4.69, 9.17) is 16.1 Å². The van der Waals surface area contributed by atoms with E-state index < -0.39 is 0 Å². The molecule has 0 aliphatic carbocycles. The Labute approximate surface area is 92.5 Å². The molecule has 1 rings (SSSR count). The van der Waals surface area contributed by atoms with Gasteiger partial charge in [0.1, 0.15) is 0 Å². The number of hydrogen-bond acceptors (Lipinski definition) is 6. The van der Waals surface area contributed by atoms with Crippen LogP contribution >= 0.6 is 11.8 Å². The molecule has 0 saturated heterocycles. The van der Waals surface area contributed by atoms with Crippen molar-refractivity contribution < 1.29 is 4.52 Å². The van der Waals surface area contributed by atoms with Gasteiger partial charge in [0.25, 0.3) is 0 Å². The van der Waals surface area contributed by atoms with E-state index in [2.05, 4.69) is 22.2 Å². The molecule has 0 saturated carbocycles. The molecule has 0 aliphatic rings. The van der Waals surface area contributed by atoms with Gasteiger partial charge < -0.3 is 16.1 Å². The molecule has 0 bridgehead atoms. The van der Waals surface area contributed by atoms with Crippen LogP contribution < -0.4 is 11.6 Å². The Balaban J connectivity index is 2.39. The summed E-state index contributed by atoms with van der Waals surface area (Å²) in [5.74, 6) is 6.79. The minimum Gasteiger partial charge on any atom is -0.377 e. The van der Waals surface area contributed by atoms with Gasteiger partial charge in [0.05, 0.1) is 5.75 Å². The maximum atomic E-state index is 5.41. The fourth-order valence-electron chi connectivity index (χ4n) is 0.958. The van der Waals surface area contributed by atoms with Crippen molar-refractivity contribution in [3.8, 4) is 0 Å². The molecule has 6 nitrogen and oxygen atoms in total. The van der Waals surface area contributed by atoms with Crippen molar-refractivity contribution in [1.29, 1.82) is 0 Å². The van der Waals surface area contributed by atoms with Gasteiger partial charge in [-0.15, -0.1) is 0 Å². The van der Waals surface area contributed by atoms with Crippen molar-refractivity contribution in [1.82, 2.24) is 10.1 Å². The van der Waals surface area contributed by atoms with Crippen molar-refractivity contribution in [3.05, 3.63) is 11.7 Å². The SMILES string of the molecule is CCCCc1noc(CSC(N)=NN)n1. The van der Waals surface area contributed by atoms with E-state index >= 15 is 0 Å². The Hall–Kier alpha value is -1.24. The largest absolute Gasteiger partial charge is 0.377 e. The van der Waals surface area contributed by atoms with E-state index in [1.165, 1.54) is 11.8 Å². The van der Waals surface area contributed by atoms with Crippen molar-refractivity contribution in [2.75, 3.05) is 0 Å². The zero-order valence-electron chi connectivity index (χ0n) is 8.64. The summed E-state index contributed by atoms with van der Waals surface area (Å²) in [6.07, 6.45) is 3.04. The average molecular weight is 229 g/mol. The Morgan fingerprint density at radius 3 is 3.07 bits per heavy atom. The molecule has 0 spiro atoms. The fourth-order valence-corrected chi connectivity index (χ4v) is 1.42. The first kappa shape index (κ1) is 11.8. The number of hydrazone groups is 1. The third kappa shape index (κ3) is 4.20. The summed E-state index contributed by atoms with van der Waals surface area (Å²) in [7, 11) is 0. The van der Waals surface area contributed by atoms with Crippen LogP contribution in [0.5, 0.6) is 0 Å². The molecule has 0 atom stereocenters. The van der Waals surface area contributed by atoms with Crippen molar-refractivity contribution in [3.63, 3.8) is 0 Å². The molecule has 1 aromatic heterocycles. The third-order valence-corrected chi connectivity index (χ3v) is 2.53. The summed E-state index contributed by atoms with van der Waals surface area (Å²) in [6, 6.07) is 0. The number of aromatic nitrogens is 2. The molecule has 1 heterocycles. The third-order valence-electron chi connectivity index (χ3n) is 1.73. The van der Waals surface area contributed by atoms with Gasteiger partial charge in [0, 0.05) is 6.42 Å². The smallest absolute Gasteiger partial charge is 0.237 e. The van der Waals surface area contributed by atoms with Gasteiger partial charge in [-0.2, -0.15) is 10.1 Å². The van der Waals surface area contributed by atoms with Crippen LogP contribution in [0.15, 0.2) is 9.62 Å². The zero-order chi connectivity index (χ0) is 11.1. The van der Waals surface area contributed by atoms with Crippen molar-refractivity contribution >= 4 is 16.9 Å². The van der Waals surface area contributed by atoms with Gasteiger partial charge in [-0.3, -0.25) is 0 Å². The predicted octanol–water partition coefficient (Wildman–Crippen LogP) is 0.834. The number of unbranched alkanes of at least 4 members (excludes halogenated alkanes) is 1. The van der Waals surface area contributed by atoms with Gasteiger partial charge in [-0.05, 0) is 6.42 Å². The van der Waals surface area contributed by atoms with Crippen LogP contribution in [0, 0.1) is 0 Å². The molecule has 0 aromatic carbocycles. The number of nitrogens with zero attached hydrogens (tertiary/aromatic N) is 3. The van der Waals surface area contributed by atoms with Gasteiger partial charge in [-0.1, -0.05) is 30.3 Å². The monoisotopic (exact) mass is 229 g/mol. The molecule has 1 aromatic rings. The van der Waals surface area contributed by atoms with Crippen LogP contribution in [0.1, 0.15) is 31.5 Å². The lowest BCUT2D eigenvalue weighted by Crippen LogP contribution is -2.09. The highest BCUT2D eigenvalue weighted by atomic mass is 32.2. The van der Waals surface area contributed by atoms with Crippen molar-refractivity contribution in [2.45, 2.75) is 31.9 Å². The Bertz CT molecular complexity index is 325. The minimum atomic E-state index is 0.309. The van der Waals surface area contributed by atoms with Gasteiger partial charge in [0.15, 0.2) is 11.0 Å². The van der Waals surface area contributed by atoms with Gasteiger partial charge >= 0.3 is 0 Å². The highest BCUT2D eigenvalue weighted by Crippen LogP contribution is 2.10. The van der Waals surface area contributed by atoms with Crippen LogP contribution in [0.25, 0.3) is 0 Å². The first-order valence-corrected chi connectivity index (χ1v) is 5.72. The lowest BCUT2D eigenvalue weighted by molar-refractivity contribution is 0.384. The lowest BCUT2D eigenvalue weighted by atomic mass is 10.2. The fraction of sp³-hybridized carbons (Fsp3) is 0.625. The van der Waals surface area contributed by atoms with E-state index in [0.29, 0.717) is 16.8 Å². The van der Waals surface area contributed by atoms with Crippen LogP contribution in [-0.4, -0.2) is 15.3 Å². The summed E-state index contributed by atoms with van der Waals surface area (Å²) < 4.78 is 5.02. The standard InChI is InChI=1S/C8H15N5OS/c1-2-3-4-6-11-7(14-13-6)5-15-8(9)12-10/h2-5,10H2,1H3,(H2,9,12). The molecule has 0 fully saturated rings. The van der Waals surface area contributed by atoms with Crippen LogP contribution in [0.2, 0.25) is 0 Å². The van der Waals surface area contributed by atoms with Crippen LogP contribution in [0.3, 0.4) is 0 Å². The molecule has 4 N–H and O–H groups in total. The molecule has 84 valence electrons. The number of nitrogens with two attached hydrogens (primary N) is 2. The number of rotatable bonds is 5. The highest BCUT2D eigenvalue weighted by Gasteiger charge is 2.06. The summed E-state index contributed by atoms with van der Waals surface area (Å²) in [5.41, 5.74) is 5.41. The van der Waals surface area contributed by atoms with E-state index in [1.807, 2.05) is 0 Å². The maximum absolute atomic E-state index is 5.41. The Morgan fingerprint density at radius 1 is 1.60 bits per heavy atom. The van der Waals surface area contributed by atoms with E-state index in [-0.39, 0.29) is 0 Å². The van der Waals surface area contributed by atoms with E-state index in [9.17, 15) is 0 Å². The second-order valence-electron chi connectivity index (χ2n) is 2.96. The molecule has 15 heavy (non-hydrogen) atoms. The summed E-state index contributed by atoms with van der Waals surface area (Å²) in [6.45, 7) is 2.12. The second-order valence-corrected chi connectivity index (χ2v) is 3.96. The highest BCUT2D eigenvalue weighted by molar-refractivity contribution is 8.13. The van der Waals surface area contributed by atoms with Gasteiger partial charge in [0.2, 0.25) is 5.89 Å². The van der Waals surface area contributed by atoms with E-state index in [1.54, 1.807) is 0 Å². The molecule has 0 amide bonds. The van der Waals surface area contributed by atoms with Crippen LogP contribution in [0.4, 0.5) is 0 Å². The lowest BCUT2D eigenvalue weighted by Gasteiger charge is -1.93. The molecular weight excluding hydrogens is 214 g/mol. The average Bonchev–Trinajstić information content (AvgIpc) is 2.71. The first-order chi connectivity index (χ1) is 7.26. The molecule has 0 radical (unpaired) electrons. The molecular formula is C8H15N5OS. The quantitative estimate of drug-likeness (QED) is 0.335. The topological polar surface area (TPSA) is 103 Å². The molecule has 0 unspecified atom stereocenters. The number of thioether (sulfide) groups is 1. The zero-order valence-corrected chi connectivity index (χ0v) is 9.46. The summed E-state index contributed by atoms with van der Waals surface area (Å²) in [4.78, 5) is 4.20. The van der Waals surface area contributed by atoms with Crippen molar-refractivity contribution in [2.24, 2.45) is 16.7 Å². The normalized spacial score (nSPS) is 11.9. The number of hydrogen-bond donors (Lipinski definition) is 2. The van der Waals surface area contributed by atoms with Crippen LogP contribution in [-0.2, 0) is 12.2 Å². The second kappa shape index (κ2) is 6.28. The number of aryl methyl sites for hydroxylation is 1. The number of amidine groups is 1. The molecule has 0 aliphatic heterocycles. The Morgan fingerprint density at radius 2 is 2.40 bits per heavy atom. The minimum absolute atomic E-state index is 0.309. The van der Waals surface area contributed by atoms with E-state index in [0.717, 1.165) is 25.1 Å². The van der Waals surface area contributed by atoms with Gasteiger partial charge in [-0.25, -0.2) is 0 Å². The summed E-state index contributed by atoms with van der Waals surface area (Å²) in [5, 5.41) is 7.48. The first-order valence-electron chi connectivity index (χ1n) is 4.74.